The molecule has 0 aliphatic heterocycles. The highest BCUT2D eigenvalue weighted by atomic mass is 127. The fourth-order valence-corrected chi connectivity index (χ4v) is 3.82. The van der Waals surface area contributed by atoms with Crippen LogP contribution in [0, 0.1) is 3.57 Å². The van der Waals surface area contributed by atoms with Gasteiger partial charge in [-0.2, -0.15) is 5.10 Å². The number of fused-ring (bicyclic) bond motifs is 1. The Hall–Kier alpha value is -3.22. The van der Waals surface area contributed by atoms with Gasteiger partial charge in [-0.3, -0.25) is 14.5 Å². The predicted molar refractivity (Wildman–Crippen MR) is 127 cm³/mol. The van der Waals surface area contributed by atoms with E-state index in [1.54, 1.807) is 41.2 Å². The number of hydrogen-bond donors (Lipinski definition) is 1. The number of carbonyl (C=O) groups excluding carboxylic acids is 1. The molecule has 3 aromatic heterocycles. The van der Waals surface area contributed by atoms with E-state index in [9.17, 15) is 13.6 Å². The number of aromatic nitrogens is 5. The quantitative estimate of drug-likeness (QED) is 0.352. The Morgan fingerprint density at radius 3 is 2.64 bits per heavy atom. The third kappa shape index (κ3) is 4.92. The molecule has 33 heavy (non-hydrogen) atoms. The van der Waals surface area contributed by atoms with Gasteiger partial charge < -0.3 is 10.6 Å². The van der Waals surface area contributed by atoms with Crippen LogP contribution in [-0.2, 0) is 13.6 Å². The topological polar surface area (TPSA) is 103 Å². The SMILES string of the molecule is C[C@H](c1ncn(C)n1)N(Cc1ccc(C(F)F)cn1)C(=O)c1ccc2nc(N)c(I)cc2c1. The Balaban J connectivity index is 1.70. The lowest BCUT2D eigenvalue weighted by Gasteiger charge is -2.27. The predicted octanol–water partition coefficient (Wildman–Crippen LogP) is 4.29. The van der Waals surface area contributed by atoms with Crippen LogP contribution in [0.2, 0.25) is 0 Å². The fourth-order valence-electron chi connectivity index (χ4n) is 3.37. The lowest BCUT2D eigenvalue weighted by molar-refractivity contribution is 0.0663. The number of hydrogen-bond acceptors (Lipinski definition) is 6. The van der Waals surface area contributed by atoms with Crippen molar-refractivity contribution in [3.05, 3.63) is 75.1 Å². The van der Waals surface area contributed by atoms with Crippen molar-refractivity contribution in [2.24, 2.45) is 7.05 Å². The molecule has 0 unspecified atom stereocenters. The Morgan fingerprint density at radius 2 is 2.00 bits per heavy atom. The Morgan fingerprint density at radius 1 is 1.21 bits per heavy atom. The van der Waals surface area contributed by atoms with Crippen molar-refractivity contribution in [2.45, 2.75) is 25.9 Å². The second-order valence-electron chi connectivity index (χ2n) is 7.53. The molecule has 11 heteroatoms. The smallest absolute Gasteiger partial charge is 0.265 e. The van der Waals surface area contributed by atoms with E-state index in [4.69, 9.17) is 5.73 Å². The molecule has 0 saturated carbocycles. The molecule has 0 radical (unpaired) electrons. The van der Waals surface area contributed by atoms with Gasteiger partial charge in [-0.25, -0.2) is 18.7 Å². The Labute approximate surface area is 202 Å². The molecule has 0 spiro atoms. The van der Waals surface area contributed by atoms with Crippen LogP contribution in [0.4, 0.5) is 14.6 Å². The van der Waals surface area contributed by atoms with E-state index in [-0.39, 0.29) is 18.0 Å². The zero-order valence-electron chi connectivity index (χ0n) is 17.8. The third-order valence-corrected chi connectivity index (χ3v) is 6.06. The normalized spacial score (nSPS) is 12.3. The number of carbonyl (C=O) groups is 1. The zero-order chi connectivity index (χ0) is 23.7. The lowest BCUT2D eigenvalue weighted by Crippen LogP contribution is -2.34. The molecule has 4 aromatic rings. The molecular formula is C22H20F2IN7O. The molecule has 8 nitrogen and oxygen atoms in total. The summed E-state index contributed by atoms with van der Waals surface area (Å²) in [6.45, 7) is 1.91. The van der Waals surface area contributed by atoms with Crippen molar-refractivity contribution in [3.8, 4) is 0 Å². The highest BCUT2D eigenvalue weighted by Crippen LogP contribution is 2.26. The summed E-state index contributed by atoms with van der Waals surface area (Å²) in [5.74, 6) is 0.611. The average Bonchev–Trinajstić information content (AvgIpc) is 3.23. The standard InChI is InChI=1S/C22H20F2IN7O/c1-12(21-28-11-31(2)30-21)32(10-16-5-3-14(9-27-16)19(23)24)22(33)13-4-6-18-15(7-13)8-17(25)20(26)29-18/h3-9,11-12,19H,10H2,1-2H3,(H2,26,29)/t12-/m1/s1. The second-order valence-corrected chi connectivity index (χ2v) is 8.69. The minimum Gasteiger partial charge on any atom is -0.383 e. The lowest BCUT2D eigenvalue weighted by atomic mass is 10.1. The van der Waals surface area contributed by atoms with Crippen molar-refractivity contribution in [1.82, 2.24) is 29.6 Å². The molecule has 0 bridgehead atoms. The first-order valence-corrected chi connectivity index (χ1v) is 11.1. The minimum absolute atomic E-state index is 0.0946. The van der Waals surface area contributed by atoms with Crippen molar-refractivity contribution < 1.29 is 13.6 Å². The summed E-state index contributed by atoms with van der Waals surface area (Å²) in [5.41, 5.74) is 7.31. The van der Waals surface area contributed by atoms with Gasteiger partial charge in [-0.05, 0) is 65.9 Å². The van der Waals surface area contributed by atoms with Crippen LogP contribution in [0.3, 0.4) is 0 Å². The highest BCUT2D eigenvalue weighted by Gasteiger charge is 2.26. The molecule has 0 saturated heterocycles. The van der Waals surface area contributed by atoms with Gasteiger partial charge >= 0.3 is 0 Å². The molecule has 2 N–H and O–H groups in total. The number of benzene rings is 1. The summed E-state index contributed by atoms with van der Waals surface area (Å²) in [4.78, 5) is 27.9. The van der Waals surface area contributed by atoms with Crippen LogP contribution in [-0.4, -0.2) is 35.5 Å². The number of nitrogens with two attached hydrogens (primary N) is 1. The van der Waals surface area contributed by atoms with E-state index in [1.807, 2.05) is 13.0 Å². The van der Waals surface area contributed by atoms with Crippen LogP contribution in [0.5, 0.6) is 0 Å². The van der Waals surface area contributed by atoms with E-state index in [0.29, 0.717) is 28.4 Å². The number of nitrogen functional groups attached to an aromatic ring is 1. The average molecular weight is 563 g/mol. The van der Waals surface area contributed by atoms with Crippen LogP contribution in [0.15, 0.2) is 48.9 Å². The van der Waals surface area contributed by atoms with Crippen LogP contribution in [0.25, 0.3) is 10.9 Å². The highest BCUT2D eigenvalue weighted by molar-refractivity contribution is 14.1. The summed E-state index contributed by atoms with van der Waals surface area (Å²) in [6.07, 6.45) is 0.0717. The summed E-state index contributed by atoms with van der Waals surface area (Å²) in [5, 5.41) is 5.10. The minimum atomic E-state index is -2.61. The molecule has 0 aliphatic carbocycles. The maximum atomic E-state index is 13.6. The molecule has 1 aromatic carbocycles. The van der Waals surface area contributed by atoms with Crippen molar-refractivity contribution in [3.63, 3.8) is 0 Å². The monoisotopic (exact) mass is 563 g/mol. The number of nitrogens with zero attached hydrogens (tertiary/aromatic N) is 6. The van der Waals surface area contributed by atoms with E-state index < -0.39 is 12.5 Å². The fraction of sp³-hybridized carbons (Fsp3) is 0.227. The molecule has 170 valence electrons. The van der Waals surface area contributed by atoms with Gasteiger partial charge in [0.05, 0.1) is 27.4 Å². The van der Waals surface area contributed by atoms with Gasteiger partial charge in [-0.15, -0.1) is 0 Å². The molecule has 0 aliphatic rings. The van der Waals surface area contributed by atoms with E-state index in [0.717, 1.165) is 15.2 Å². The van der Waals surface area contributed by atoms with E-state index in [1.165, 1.54) is 12.1 Å². The maximum absolute atomic E-state index is 13.6. The van der Waals surface area contributed by atoms with Gasteiger partial charge in [0.25, 0.3) is 12.3 Å². The Kier molecular flexibility index (Phi) is 6.49. The molecule has 4 rings (SSSR count). The molecule has 1 atom stereocenters. The van der Waals surface area contributed by atoms with E-state index in [2.05, 4.69) is 42.6 Å². The number of anilines is 1. The summed E-state index contributed by atoms with van der Waals surface area (Å²) >= 11 is 2.09. The summed E-state index contributed by atoms with van der Waals surface area (Å²) < 4.78 is 28.2. The van der Waals surface area contributed by atoms with Crippen LogP contribution >= 0.6 is 22.6 Å². The third-order valence-electron chi connectivity index (χ3n) is 5.19. The zero-order valence-corrected chi connectivity index (χ0v) is 19.9. The largest absolute Gasteiger partial charge is 0.383 e. The van der Waals surface area contributed by atoms with Gasteiger partial charge in [-0.1, -0.05) is 0 Å². The van der Waals surface area contributed by atoms with Gasteiger partial charge in [0.15, 0.2) is 5.82 Å². The molecule has 1 amide bonds. The first-order valence-electron chi connectivity index (χ1n) is 9.98. The number of aryl methyl sites for hydroxylation is 1. The Bertz CT molecular complexity index is 1310. The van der Waals surface area contributed by atoms with Crippen molar-refractivity contribution in [2.75, 3.05) is 5.73 Å². The van der Waals surface area contributed by atoms with Crippen molar-refractivity contribution >= 4 is 45.2 Å². The number of rotatable bonds is 6. The molecule has 0 fully saturated rings. The van der Waals surface area contributed by atoms with Crippen LogP contribution < -0.4 is 5.73 Å². The summed E-state index contributed by atoms with van der Waals surface area (Å²) in [6, 6.07) is 9.37. The van der Waals surface area contributed by atoms with Gasteiger partial charge in [0.2, 0.25) is 0 Å². The number of halogens is 3. The number of pyridine rings is 2. The van der Waals surface area contributed by atoms with Crippen molar-refractivity contribution in [1.29, 1.82) is 0 Å². The van der Waals surface area contributed by atoms with Crippen LogP contribution in [0.1, 0.15) is 46.8 Å². The van der Waals surface area contributed by atoms with Gasteiger partial charge in [0.1, 0.15) is 12.1 Å². The maximum Gasteiger partial charge on any atom is 0.265 e. The summed E-state index contributed by atoms with van der Waals surface area (Å²) in [7, 11) is 1.74. The second kappa shape index (κ2) is 9.33. The van der Waals surface area contributed by atoms with Gasteiger partial charge in [0, 0.05) is 29.8 Å². The number of amides is 1. The first-order chi connectivity index (χ1) is 15.7. The first kappa shape index (κ1) is 23.0. The molecule has 3 heterocycles. The van der Waals surface area contributed by atoms with E-state index >= 15 is 0 Å². The molecular weight excluding hydrogens is 543 g/mol. The number of alkyl halides is 2.